The van der Waals surface area contributed by atoms with Crippen molar-refractivity contribution in [2.45, 2.75) is 45.2 Å². The number of piperidine rings is 1. The monoisotopic (exact) mass is 385 g/mol. The van der Waals surface area contributed by atoms with E-state index in [-0.39, 0.29) is 5.91 Å². The van der Waals surface area contributed by atoms with Crippen molar-refractivity contribution in [3.8, 4) is 0 Å². The van der Waals surface area contributed by atoms with E-state index in [4.69, 9.17) is 0 Å². The summed E-state index contributed by atoms with van der Waals surface area (Å²) < 4.78 is 0. The summed E-state index contributed by atoms with van der Waals surface area (Å²) in [5.74, 6) is 1.59. The van der Waals surface area contributed by atoms with Gasteiger partial charge in [0.15, 0.2) is 5.96 Å². The Bertz CT molecular complexity index is 643. The molecule has 2 fully saturated rings. The predicted molar refractivity (Wildman–Crippen MR) is 114 cm³/mol. The van der Waals surface area contributed by atoms with Crippen molar-refractivity contribution in [3.63, 3.8) is 0 Å². The Morgan fingerprint density at radius 3 is 2.32 bits per heavy atom. The van der Waals surface area contributed by atoms with Crippen LogP contribution in [0.5, 0.6) is 0 Å². The summed E-state index contributed by atoms with van der Waals surface area (Å²) in [7, 11) is 3.56. The topological polar surface area (TPSA) is 60.0 Å². The van der Waals surface area contributed by atoms with Crippen molar-refractivity contribution in [2.24, 2.45) is 10.9 Å². The number of carbonyl (C=O) groups excluding carboxylic acids is 1. The van der Waals surface area contributed by atoms with E-state index in [2.05, 4.69) is 49.7 Å². The zero-order valence-corrected chi connectivity index (χ0v) is 17.4. The molecule has 1 amide bonds. The van der Waals surface area contributed by atoms with Crippen LogP contribution in [0.4, 0.5) is 0 Å². The van der Waals surface area contributed by atoms with Gasteiger partial charge in [0.1, 0.15) is 0 Å². The Hall–Kier alpha value is -2.08. The molecule has 3 rings (SSSR count). The van der Waals surface area contributed by atoms with Crippen LogP contribution in [-0.2, 0) is 17.9 Å². The number of nitrogens with one attached hydrogen (secondary N) is 2. The summed E-state index contributed by atoms with van der Waals surface area (Å²) in [6.45, 7) is 6.24. The molecule has 1 aromatic carbocycles. The van der Waals surface area contributed by atoms with Gasteiger partial charge in [0.2, 0.25) is 5.91 Å². The Balaban J connectivity index is 1.43. The molecule has 6 heteroatoms. The highest BCUT2D eigenvalue weighted by atomic mass is 16.1. The minimum atomic E-state index is 0.147. The van der Waals surface area contributed by atoms with Crippen LogP contribution in [0.3, 0.4) is 0 Å². The molecule has 0 aliphatic carbocycles. The van der Waals surface area contributed by atoms with E-state index in [0.717, 1.165) is 45.0 Å². The van der Waals surface area contributed by atoms with Crippen molar-refractivity contribution >= 4 is 11.9 Å². The van der Waals surface area contributed by atoms with E-state index in [0.29, 0.717) is 12.3 Å². The summed E-state index contributed by atoms with van der Waals surface area (Å²) in [5.41, 5.74) is 2.68. The molecule has 2 aliphatic heterocycles. The minimum absolute atomic E-state index is 0.147. The van der Waals surface area contributed by atoms with Gasteiger partial charge in [-0.25, -0.2) is 0 Å². The summed E-state index contributed by atoms with van der Waals surface area (Å²) in [6, 6.07) is 8.95. The Morgan fingerprint density at radius 2 is 1.71 bits per heavy atom. The lowest BCUT2D eigenvalue weighted by molar-refractivity contribution is -0.121. The third-order valence-corrected chi connectivity index (χ3v) is 5.96. The maximum absolute atomic E-state index is 11.6. The number of carbonyl (C=O) groups is 1. The molecule has 0 unspecified atom stereocenters. The molecule has 6 nitrogen and oxygen atoms in total. The van der Waals surface area contributed by atoms with E-state index in [9.17, 15) is 4.79 Å². The standard InChI is InChI=1S/C22H35N5O/c1-23-21(28)15-18-9-13-27(14-10-18)22(24-2)25-16-19-5-7-20(8-6-19)17-26-11-3-4-12-26/h5-8,18H,3-4,9-17H2,1-2H3,(H,23,28)(H,24,25). The summed E-state index contributed by atoms with van der Waals surface area (Å²) in [4.78, 5) is 20.9. The van der Waals surface area contributed by atoms with Crippen LogP contribution < -0.4 is 10.6 Å². The van der Waals surface area contributed by atoms with Crippen LogP contribution in [0.1, 0.15) is 43.2 Å². The summed E-state index contributed by atoms with van der Waals surface area (Å²) in [5, 5.41) is 6.23. The molecule has 1 aromatic rings. The maximum Gasteiger partial charge on any atom is 0.220 e. The second-order valence-corrected chi connectivity index (χ2v) is 8.01. The van der Waals surface area contributed by atoms with Gasteiger partial charge < -0.3 is 15.5 Å². The molecule has 0 radical (unpaired) electrons. The van der Waals surface area contributed by atoms with E-state index in [1.165, 1.54) is 37.1 Å². The number of guanidine groups is 1. The Morgan fingerprint density at radius 1 is 1.07 bits per heavy atom. The molecule has 0 aromatic heterocycles. The first-order valence-corrected chi connectivity index (χ1v) is 10.6. The number of nitrogens with zero attached hydrogens (tertiary/aromatic N) is 3. The lowest BCUT2D eigenvalue weighted by atomic mass is 9.93. The van der Waals surface area contributed by atoms with Gasteiger partial charge in [0.05, 0.1) is 0 Å². The zero-order chi connectivity index (χ0) is 19.8. The highest BCUT2D eigenvalue weighted by Gasteiger charge is 2.23. The molecule has 154 valence electrons. The van der Waals surface area contributed by atoms with Crippen molar-refractivity contribution < 1.29 is 4.79 Å². The SMILES string of the molecule is CN=C(NCc1ccc(CN2CCCC2)cc1)N1CCC(CC(=O)NC)CC1. The molecule has 0 bridgehead atoms. The smallest absolute Gasteiger partial charge is 0.220 e. The molecule has 0 saturated carbocycles. The van der Waals surface area contributed by atoms with Gasteiger partial charge in [-0.1, -0.05) is 24.3 Å². The fourth-order valence-corrected chi connectivity index (χ4v) is 4.19. The van der Waals surface area contributed by atoms with E-state index in [1.807, 2.05) is 7.05 Å². The van der Waals surface area contributed by atoms with Crippen molar-refractivity contribution in [1.82, 2.24) is 20.4 Å². The molecular weight excluding hydrogens is 350 g/mol. The molecule has 2 N–H and O–H groups in total. The quantitative estimate of drug-likeness (QED) is 0.582. The molecule has 2 heterocycles. The second-order valence-electron chi connectivity index (χ2n) is 8.01. The summed E-state index contributed by atoms with van der Waals surface area (Å²) in [6.07, 6.45) is 5.40. The van der Waals surface area contributed by atoms with Crippen LogP contribution in [0, 0.1) is 5.92 Å². The first kappa shape index (κ1) is 20.6. The number of amides is 1. The maximum atomic E-state index is 11.6. The molecule has 2 aliphatic rings. The highest BCUT2D eigenvalue weighted by Crippen LogP contribution is 2.20. The van der Waals surface area contributed by atoms with Crippen molar-refractivity contribution in [3.05, 3.63) is 35.4 Å². The van der Waals surface area contributed by atoms with Gasteiger partial charge in [-0.05, 0) is 55.8 Å². The fourth-order valence-electron chi connectivity index (χ4n) is 4.19. The fraction of sp³-hybridized carbons (Fsp3) is 0.636. The van der Waals surface area contributed by atoms with Crippen LogP contribution >= 0.6 is 0 Å². The second kappa shape index (κ2) is 10.5. The van der Waals surface area contributed by atoms with Gasteiger partial charge in [-0.2, -0.15) is 0 Å². The van der Waals surface area contributed by atoms with Crippen LogP contribution in [0.2, 0.25) is 0 Å². The normalized spacial score (nSPS) is 19.1. The van der Waals surface area contributed by atoms with Crippen molar-refractivity contribution in [1.29, 1.82) is 0 Å². The Labute approximate surface area is 169 Å². The van der Waals surface area contributed by atoms with E-state index >= 15 is 0 Å². The number of hydrogen-bond donors (Lipinski definition) is 2. The van der Waals surface area contributed by atoms with Gasteiger partial charge in [0.25, 0.3) is 0 Å². The average molecular weight is 386 g/mol. The number of rotatable bonds is 6. The lowest BCUT2D eigenvalue weighted by Crippen LogP contribution is -2.45. The molecule has 0 spiro atoms. The van der Waals surface area contributed by atoms with Gasteiger partial charge in [0, 0.05) is 46.7 Å². The first-order valence-electron chi connectivity index (χ1n) is 10.6. The van der Waals surface area contributed by atoms with Crippen LogP contribution in [0.25, 0.3) is 0 Å². The molecule has 2 saturated heterocycles. The average Bonchev–Trinajstić information content (AvgIpc) is 3.23. The Kier molecular flexibility index (Phi) is 7.71. The largest absolute Gasteiger partial charge is 0.359 e. The third-order valence-electron chi connectivity index (χ3n) is 5.96. The number of likely N-dealkylation sites (tertiary alicyclic amines) is 2. The summed E-state index contributed by atoms with van der Waals surface area (Å²) >= 11 is 0. The van der Waals surface area contributed by atoms with Crippen LogP contribution in [-0.4, -0.2) is 61.9 Å². The first-order chi connectivity index (χ1) is 13.7. The van der Waals surface area contributed by atoms with E-state index < -0.39 is 0 Å². The lowest BCUT2D eigenvalue weighted by Gasteiger charge is -2.34. The minimum Gasteiger partial charge on any atom is -0.359 e. The molecule has 0 atom stereocenters. The zero-order valence-electron chi connectivity index (χ0n) is 17.4. The van der Waals surface area contributed by atoms with Crippen LogP contribution in [0.15, 0.2) is 29.3 Å². The molecular formula is C22H35N5O. The van der Waals surface area contributed by atoms with Gasteiger partial charge in [-0.15, -0.1) is 0 Å². The number of benzene rings is 1. The highest BCUT2D eigenvalue weighted by molar-refractivity contribution is 5.80. The number of aliphatic imine (C=N–C) groups is 1. The van der Waals surface area contributed by atoms with Gasteiger partial charge >= 0.3 is 0 Å². The predicted octanol–water partition coefficient (Wildman–Crippen LogP) is 2.21. The van der Waals surface area contributed by atoms with Gasteiger partial charge in [-0.3, -0.25) is 14.7 Å². The molecule has 28 heavy (non-hydrogen) atoms. The van der Waals surface area contributed by atoms with E-state index in [1.54, 1.807) is 7.05 Å². The third kappa shape index (κ3) is 5.96. The van der Waals surface area contributed by atoms with Crippen molar-refractivity contribution in [2.75, 3.05) is 40.3 Å². The number of hydrogen-bond acceptors (Lipinski definition) is 3.